The summed E-state index contributed by atoms with van der Waals surface area (Å²) in [5.74, 6) is 0. The first kappa shape index (κ1) is 6.08. The van der Waals surface area contributed by atoms with Crippen LogP contribution >= 0.6 is 0 Å². The zero-order chi connectivity index (χ0) is 5.54. The maximum atomic E-state index is 2.73. The Hall–Kier alpha value is -0.920. The van der Waals surface area contributed by atoms with Gasteiger partial charge in [-0.1, -0.05) is 11.5 Å². The summed E-state index contributed by atoms with van der Waals surface area (Å²) in [5.41, 5.74) is 8.14. The van der Waals surface area contributed by atoms with Gasteiger partial charge < -0.3 is 0 Å². The van der Waals surface area contributed by atoms with Crippen molar-refractivity contribution in [2.45, 2.75) is 13.8 Å². The lowest BCUT2D eigenvalue weighted by molar-refractivity contribution is 1.76. The second-order valence-corrected chi connectivity index (χ2v) is 0.991. The van der Waals surface area contributed by atoms with E-state index >= 15 is 0 Å². The molecule has 0 aliphatic carbocycles. The minimum atomic E-state index is 1.79. The second kappa shape index (κ2) is 5.08. The van der Waals surface area contributed by atoms with Crippen molar-refractivity contribution in [1.82, 2.24) is 0 Å². The van der Waals surface area contributed by atoms with E-state index in [1.807, 2.05) is 13.8 Å². The van der Waals surface area contributed by atoms with Crippen molar-refractivity contribution in [3.63, 3.8) is 0 Å². The van der Waals surface area contributed by atoms with E-state index in [4.69, 9.17) is 0 Å². The van der Waals surface area contributed by atoms with Crippen LogP contribution in [0.3, 0.4) is 0 Å². The fourth-order valence-electron chi connectivity index (χ4n) is 0.186. The van der Waals surface area contributed by atoms with Gasteiger partial charge in [-0.2, -0.15) is 0 Å². The van der Waals surface area contributed by atoms with Gasteiger partial charge in [0.25, 0.3) is 0 Å². The highest BCUT2D eigenvalue weighted by Gasteiger charge is 1.37. The molecule has 0 saturated heterocycles. The predicted octanol–water partition coefficient (Wildman–Crippen LogP) is 2.05. The smallest absolute Gasteiger partial charge is 0.0197 e. The highest BCUT2D eigenvalue weighted by molar-refractivity contribution is 4.84. The summed E-state index contributed by atoms with van der Waals surface area (Å²) in [6.45, 7) is 3.79. The third-order valence-corrected chi connectivity index (χ3v) is 0.433. The van der Waals surface area contributed by atoms with Gasteiger partial charge in [-0.15, -0.1) is 0 Å². The summed E-state index contributed by atoms with van der Waals surface area (Å²) in [6.07, 6.45) is 3.58. The molecule has 0 radical (unpaired) electrons. The van der Waals surface area contributed by atoms with Crippen LogP contribution in [0.15, 0.2) is 29.3 Å². The van der Waals surface area contributed by atoms with E-state index in [1.165, 1.54) is 0 Å². The van der Waals surface area contributed by atoms with Gasteiger partial charge in [0.2, 0.25) is 0 Å². The minimum Gasteiger partial charge on any atom is -0.0661 e. The minimum absolute atomic E-state index is 1.79. The normalized spacial score (nSPS) is 4.86. The molecule has 0 aromatic rings. The van der Waals surface area contributed by atoms with Crippen molar-refractivity contribution >= 4 is 0 Å². The third kappa shape index (κ3) is 5.08. The maximum Gasteiger partial charge on any atom is -0.0197 e. The topological polar surface area (TPSA) is 0 Å². The lowest BCUT2D eigenvalue weighted by atomic mass is 10.6. The van der Waals surface area contributed by atoms with Crippen molar-refractivity contribution in [2.24, 2.45) is 0 Å². The Balaban J connectivity index is 4.19. The van der Waals surface area contributed by atoms with Crippen LogP contribution in [0.25, 0.3) is 0 Å². The fraction of sp³-hybridized carbons (Fsp3) is 0.286. The van der Waals surface area contributed by atoms with Gasteiger partial charge in [0.05, 0.1) is 0 Å². The molecule has 0 spiro atoms. The van der Waals surface area contributed by atoms with Gasteiger partial charge in [-0.3, -0.25) is 0 Å². The molecule has 0 rings (SSSR count). The van der Waals surface area contributed by atoms with Crippen LogP contribution in [0.5, 0.6) is 0 Å². The Bertz CT molecular complexity index is 129. The second-order valence-electron chi connectivity index (χ2n) is 0.991. The molecule has 0 aliphatic rings. The Kier molecular flexibility index (Phi) is 4.41. The van der Waals surface area contributed by atoms with Crippen molar-refractivity contribution in [3.05, 3.63) is 29.3 Å². The SMILES string of the molecule is CC=C=C=C=CC. The zero-order valence-electron chi connectivity index (χ0n) is 4.65. The first-order valence-electron chi connectivity index (χ1n) is 2.23. The molecule has 7 heavy (non-hydrogen) atoms. The Labute approximate surface area is 44.2 Å². The van der Waals surface area contributed by atoms with E-state index in [1.54, 1.807) is 12.2 Å². The Morgan fingerprint density at radius 3 is 1.71 bits per heavy atom. The number of allylic oxidation sites excluding steroid dienone is 2. The molecular weight excluding hydrogens is 84.1 g/mol. The van der Waals surface area contributed by atoms with Gasteiger partial charge in [0.1, 0.15) is 0 Å². The number of hydrogen-bond donors (Lipinski definition) is 0. The van der Waals surface area contributed by atoms with E-state index in [9.17, 15) is 0 Å². The summed E-state index contributed by atoms with van der Waals surface area (Å²) in [5, 5.41) is 0. The summed E-state index contributed by atoms with van der Waals surface area (Å²) in [4.78, 5) is 0. The fourth-order valence-corrected chi connectivity index (χ4v) is 0.186. The molecule has 0 aliphatic heterocycles. The molecular formula is C7H8. The Morgan fingerprint density at radius 2 is 1.43 bits per heavy atom. The molecule has 0 atom stereocenters. The first-order valence-corrected chi connectivity index (χ1v) is 2.23. The largest absolute Gasteiger partial charge is 0.0661 e. The van der Waals surface area contributed by atoms with Crippen LogP contribution in [-0.2, 0) is 0 Å². The van der Waals surface area contributed by atoms with Crippen molar-refractivity contribution in [2.75, 3.05) is 0 Å². The number of rotatable bonds is 0. The van der Waals surface area contributed by atoms with Crippen molar-refractivity contribution in [3.8, 4) is 0 Å². The first-order chi connectivity index (χ1) is 3.41. The van der Waals surface area contributed by atoms with E-state index in [2.05, 4.69) is 17.2 Å². The molecule has 0 heteroatoms. The van der Waals surface area contributed by atoms with E-state index in [0.29, 0.717) is 0 Å². The van der Waals surface area contributed by atoms with Crippen molar-refractivity contribution in [1.29, 1.82) is 0 Å². The van der Waals surface area contributed by atoms with E-state index in [-0.39, 0.29) is 0 Å². The summed E-state index contributed by atoms with van der Waals surface area (Å²) < 4.78 is 0. The lowest BCUT2D eigenvalue weighted by Crippen LogP contribution is -1.26. The molecule has 36 valence electrons. The number of hydrogen-bond acceptors (Lipinski definition) is 0. The van der Waals surface area contributed by atoms with Crippen LogP contribution in [0.4, 0.5) is 0 Å². The summed E-state index contributed by atoms with van der Waals surface area (Å²) in [6, 6.07) is 0. The van der Waals surface area contributed by atoms with Gasteiger partial charge in [0.15, 0.2) is 0 Å². The van der Waals surface area contributed by atoms with Gasteiger partial charge in [0, 0.05) is 0 Å². The standard InChI is InChI=1S/C7H8/c1-3-5-7-6-4-2/h3-4H,1-2H3. The van der Waals surface area contributed by atoms with E-state index in [0.717, 1.165) is 0 Å². The highest BCUT2D eigenvalue weighted by Crippen LogP contribution is 1.57. The van der Waals surface area contributed by atoms with Gasteiger partial charge in [-0.25, -0.2) is 0 Å². The average Bonchev–Trinajstić information content (AvgIpc) is 1.69. The van der Waals surface area contributed by atoms with Crippen LogP contribution < -0.4 is 0 Å². The van der Waals surface area contributed by atoms with Gasteiger partial charge >= 0.3 is 0 Å². The quantitative estimate of drug-likeness (QED) is 0.401. The van der Waals surface area contributed by atoms with E-state index < -0.39 is 0 Å². The molecule has 0 saturated carbocycles. The van der Waals surface area contributed by atoms with Crippen LogP contribution in [-0.4, -0.2) is 0 Å². The van der Waals surface area contributed by atoms with Crippen LogP contribution in [0.2, 0.25) is 0 Å². The monoisotopic (exact) mass is 92.1 g/mol. The summed E-state index contributed by atoms with van der Waals surface area (Å²) in [7, 11) is 0. The molecule has 0 aromatic heterocycles. The van der Waals surface area contributed by atoms with Crippen molar-refractivity contribution < 1.29 is 0 Å². The molecule has 0 N–H and O–H groups in total. The summed E-state index contributed by atoms with van der Waals surface area (Å²) >= 11 is 0. The molecule has 0 heterocycles. The Morgan fingerprint density at radius 1 is 1.00 bits per heavy atom. The zero-order valence-corrected chi connectivity index (χ0v) is 4.65. The molecule has 0 aromatic carbocycles. The van der Waals surface area contributed by atoms with Crippen LogP contribution in [0, 0.1) is 0 Å². The average molecular weight is 92.1 g/mol. The third-order valence-electron chi connectivity index (χ3n) is 0.433. The van der Waals surface area contributed by atoms with Gasteiger partial charge in [-0.05, 0) is 31.7 Å². The molecule has 0 fully saturated rings. The predicted molar refractivity (Wildman–Crippen MR) is 31.0 cm³/mol. The molecule has 0 bridgehead atoms. The highest BCUT2D eigenvalue weighted by atomic mass is 13.4. The maximum absolute atomic E-state index is 2.73. The van der Waals surface area contributed by atoms with Crippen LogP contribution in [0.1, 0.15) is 13.8 Å². The lowest BCUT2D eigenvalue weighted by Gasteiger charge is -1.46. The molecule has 0 nitrogen and oxygen atoms in total. The molecule has 0 unspecified atom stereocenters. The molecule has 0 amide bonds.